The van der Waals surface area contributed by atoms with Gasteiger partial charge in [0.25, 0.3) is 0 Å². The Kier molecular flexibility index (Phi) is 17.5. The van der Waals surface area contributed by atoms with Crippen LogP contribution in [0.3, 0.4) is 0 Å². The molecule has 2 fully saturated rings. The number of aliphatic hydroxyl groups is 1. The summed E-state index contributed by atoms with van der Waals surface area (Å²) in [4.78, 5) is 42.2. The fraction of sp³-hybridized carbons (Fsp3) is 0.912. The Labute approximate surface area is 279 Å². The average molecular weight is 672 g/mol. The molecular weight excluding hydrogens is 606 g/mol. The highest BCUT2D eigenvalue weighted by Crippen LogP contribution is 2.36. The van der Waals surface area contributed by atoms with Crippen LogP contribution in [0.5, 0.6) is 0 Å². The number of amides is 3. The van der Waals surface area contributed by atoms with Crippen molar-refractivity contribution in [3.63, 3.8) is 0 Å². The fourth-order valence-corrected chi connectivity index (χ4v) is 8.70. The third kappa shape index (κ3) is 12.7. The molecule has 2 aliphatic carbocycles. The monoisotopic (exact) mass is 671 g/mol. The summed E-state index contributed by atoms with van der Waals surface area (Å²) in [7, 11) is -0.717. The van der Waals surface area contributed by atoms with E-state index in [4.69, 9.17) is 0 Å². The summed E-state index contributed by atoms with van der Waals surface area (Å²) in [6.07, 6.45) is 8.56. The van der Waals surface area contributed by atoms with Gasteiger partial charge in [0, 0.05) is 58.5 Å². The van der Waals surface area contributed by atoms with Crippen molar-refractivity contribution >= 4 is 27.7 Å². The van der Waals surface area contributed by atoms with E-state index in [1.807, 2.05) is 39.5 Å². The SMILES string of the molecule is CCCN(CC(O)C(CC1CCCCC1)NC(=O)C1CC(C(=O)N(CCC)CCC)CC(S(=O)(=O)N(C)C)C1)NC(=O)CC(C)C. The van der Waals surface area contributed by atoms with Gasteiger partial charge in [-0.3, -0.25) is 19.8 Å². The lowest BCUT2D eigenvalue weighted by molar-refractivity contribution is -0.138. The van der Waals surface area contributed by atoms with Crippen molar-refractivity contribution in [2.45, 2.75) is 135 Å². The van der Waals surface area contributed by atoms with Gasteiger partial charge in [0.05, 0.1) is 17.4 Å². The first-order valence-corrected chi connectivity index (χ1v) is 19.5. The molecule has 5 unspecified atom stereocenters. The number of nitrogens with one attached hydrogen (secondary N) is 2. The molecular formula is C34H65N5O6S. The maximum absolute atomic E-state index is 14.1. The molecule has 0 spiro atoms. The smallest absolute Gasteiger partial charge is 0.234 e. The molecule has 46 heavy (non-hydrogen) atoms. The highest BCUT2D eigenvalue weighted by atomic mass is 32.2. The summed E-state index contributed by atoms with van der Waals surface area (Å²) in [5, 5.41) is 15.6. The second kappa shape index (κ2) is 19.9. The van der Waals surface area contributed by atoms with Crippen LogP contribution in [-0.2, 0) is 24.4 Å². The minimum absolute atomic E-state index is 0.0775. The van der Waals surface area contributed by atoms with E-state index in [0.29, 0.717) is 38.4 Å². The second-order valence-electron chi connectivity index (χ2n) is 14.4. The fourth-order valence-electron chi connectivity index (χ4n) is 7.16. The van der Waals surface area contributed by atoms with Crippen molar-refractivity contribution in [1.82, 2.24) is 25.0 Å². The zero-order valence-corrected chi connectivity index (χ0v) is 30.6. The lowest BCUT2D eigenvalue weighted by Gasteiger charge is -2.38. The molecule has 3 amide bonds. The molecule has 0 aromatic rings. The van der Waals surface area contributed by atoms with Crippen LogP contribution in [0.15, 0.2) is 0 Å². The molecule has 0 aliphatic heterocycles. The molecule has 0 saturated heterocycles. The van der Waals surface area contributed by atoms with Crippen molar-refractivity contribution in [2.24, 2.45) is 23.7 Å². The van der Waals surface area contributed by atoms with E-state index < -0.39 is 39.3 Å². The highest BCUT2D eigenvalue weighted by Gasteiger charge is 2.44. The van der Waals surface area contributed by atoms with Gasteiger partial charge in [-0.2, -0.15) is 0 Å². The van der Waals surface area contributed by atoms with Crippen molar-refractivity contribution in [2.75, 3.05) is 40.3 Å². The lowest BCUT2D eigenvalue weighted by Crippen LogP contribution is -2.55. The Morgan fingerprint density at radius 3 is 2.00 bits per heavy atom. The lowest BCUT2D eigenvalue weighted by atomic mass is 9.79. The summed E-state index contributed by atoms with van der Waals surface area (Å²) < 4.78 is 27.9. The highest BCUT2D eigenvalue weighted by molar-refractivity contribution is 7.89. The van der Waals surface area contributed by atoms with Gasteiger partial charge in [0.1, 0.15) is 0 Å². The third-order valence-electron chi connectivity index (χ3n) is 9.49. The Bertz CT molecular complexity index is 1040. The normalized spacial score (nSPS) is 22.5. The summed E-state index contributed by atoms with van der Waals surface area (Å²) in [5.74, 6) is -1.16. The van der Waals surface area contributed by atoms with E-state index in [9.17, 15) is 27.9 Å². The Morgan fingerprint density at radius 1 is 0.870 bits per heavy atom. The van der Waals surface area contributed by atoms with Crippen LogP contribution < -0.4 is 10.7 Å². The zero-order valence-electron chi connectivity index (χ0n) is 29.8. The van der Waals surface area contributed by atoms with Gasteiger partial charge in [0.15, 0.2) is 0 Å². The minimum atomic E-state index is -3.71. The predicted molar refractivity (Wildman–Crippen MR) is 183 cm³/mol. The van der Waals surface area contributed by atoms with Crippen LogP contribution in [-0.4, -0.2) is 103 Å². The standard InChI is InChI=1S/C34H65N5O6S/c1-8-16-38(17-9-2)34(43)28-21-27(22-29(23-28)46(44,45)37(6)7)33(42)35-30(20-26-14-12-11-13-15-26)31(40)24-39(18-10-3)36-32(41)19-25(4)5/h25-31,40H,8-24H2,1-7H3,(H,35,42)(H,36,41). The number of hydrogen-bond donors (Lipinski definition) is 3. The van der Waals surface area contributed by atoms with Crippen molar-refractivity contribution in [3.8, 4) is 0 Å². The number of nitrogens with zero attached hydrogens (tertiary/aromatic N) is 3. The summed E-state index contributed by atoms with van der Waals surface area (Å²) in [6, 6.07) is -0.561. The number of hydrogen-bond acceptors (Lipinski definition) is 7. The number of aliphatic hydroxyl groups excluding tert-OH is 1. The molecule has 3 N–H and O–H groups in total. The van der Waals surface area contributed by atoms with E-state index in [-0.39, 0.29) is 49.4 Å². The minimum Gasteiger partial charge on any atom is -0.390 e. The molecule has 12 heteroatoms. The molecule has 0 aromatic carbocycles. The average Bonchev–Trinajstić information content (AvgIpc) is 3.00. The molecule has 0 bridgehead atoms. The molecule has 0 aromatic heterocycles. The first kappa shape index (κ1) is 40.4. The quantitative estimate of drug-likeness (QED) is 0.177. The number of carbonyl (C=O) groups excluding carboxylic acids is 3. The first-order valence-electron chi connectivity index (χ1n) is 18.0. The van der Waals surface area contributed by atoms with Gasteiger partial charge < -0.3 is 15.3 Å². The van der Waals surface area contributed by atoms with Crippen LogP contribution >= 0.6 is 0 Å². The van der Waals surface area contributed by atoms with Crippen molar-refractivity contribution < 1.29 is 27.9 Å². The molecule has 11 nitrogen and oxygen atoms in total. The van der Waals surface area contributed by atoms with Crippen LogP contribution in [0.2, 0.25) is 0 Å². The largest absolute Gasteiger partial charge is 0.390 e. The van der Waals surface area contributed by atoms with E-state index in [1.54, 1.807) is 5.01 Å². The maximum Gasteiger partial charge on any atom is 0.234 e. The predicted octanol–water partition coefficient (Wildman–Crippen LogP) is 3.92. The van der Waals surface area contributed by atoms with E-state index in [2.05, 4.69) is 10.7 Å². The molecule has 0 heterocycles. The molecule has 2 rings (SSSR count). The molecule has 5 atom stereocenters. The zero-order chi connectivity index (χ0) is 34.4. The summed E-state index contributed by atoms with van der Waals surface area (Å²) in [5.41, 5.74) is 2.95. The van der Waals surface area contributed by atoms with Crippen molar-refractivity contribution in [3.05, 3.63) is 0 Å². The number of hydrazine groups is 1. The van der Waals surface area contributed by atoms with Crippen LogP contribution in [0.1, 0.15) is 118 Å². The Balaban J connectivity index is 2.32. The van der Waals surface area contributed by atoms with Gasteiger partial charge in [0.2, 0.25) is 27.7 Å². The molecule has 268 valence electrons. The topological polar surface area (TPSA) is 139 Å². The maximum atomic E-state index is 14.1. The third-order valence-corrected chi connectivity index (χ3v) is 11.7. The van der Waals surface area contributed by atoms with Gasteiger partial charge in [-0.1, -0.05) is 66.7 Å². The summed E-state index contributed by atoms with van der Waals surface area (Å²) in [6.45, 7) is 11.9. The van der Waals surface area contributed by atoms with Gasteiger partial charge in [-0.05, 0) is 56.8 Å². The number of carbonyl (C=O) groups is 3. The Morgan fingerprint density at radius 2 is 1.46 bits per heavy atom. The van der Waals surface area contributed by atoms with Gasteiger partial charge >= 0.3 is 0 Å². The molecule has 2 aliphatic rings. The number of rotatable bonds is 19. The molecule has 2 saturated carbocycles. The second-order valence-corrected chi connectivity index (χ2v) is 16.8. The number of sulfonamides is 1. The van der Waals surface area contributed by atoms with E-state index >= 15 is 0 Å². The van der Waals surface area contributed by atoms with E-state index in [0.717, 1.165) is 44.9 Å². The van der Waals surface area contributed by atoms with Crippen LogP contribution in [0, 0.1) is 23.7 Å². The Hall–Kier alpha value is -1.76. The van der Waals surface area contributed by atoms with Crippen molar-refractivity contribution in [1.29, 1.82) is 0 Å². The van der Waals surface area contributed by atoms with Crippen LogP contribution in [0.4, 0.5) is 0 Å². The van der Waals surface area contributed by atoms with E-state index in [1.165, 1.54) is 24.8 Å². The summed E-state index contributed by atoms with van der Waals surface area (Å²) >= 11 is 0. The van der Waals surface area contributed by atoms with Gasteiger partial charge in [-0.25, -0.2) is 17.7 Å². The van der Waals surface area contributed by atoms with Gasteiger partial charge in [-0.15, -0.1) is 0 Å². The van der Waals surface area contributed by atoms with Crippen LogP contribution in [0.25, 0.3) is 0 Å². The molecule has 0 radical (unpaired) electrons. The first-order chi connectivity index (χ1) is 21.7.